The normalized spacial score (nSPS) is 28.9. The van der Waals surface area contributed by atoms with Crippen LogP contribution in [0.25, 0.3) is 0 Å². The van der Waals surface area contributed by atoms with Crippen molar-refractivity contribution in [2.45, 2.75) is 44.5 Å². The Bertz CT molecular complexity index is 579. The Balaban J connectivity index is 1.72. The van der Waals surface area contributed by atoms with Gasteiger partial charge in [-0.2, -0.15) is 0 Å². The summed E-state index contributed by atoms with van der Waals surface area (Å²) < 4.78 is 5.69. The van der Waals surface area contributed by atoms with E-state index in [0.29, 0.717) is 32.7 Å². The number of hydrogen-bond acceptors (Lipinski definition) is 4. The summed E-state index contributed by atoms with van der Waals surface area (Å²) in [6.45, 7) is 9.33. The van der Waals surface area contributed by atoms with Gasteiger partial charge < -0.3 is 24.8 Å². The van der Waals surface area contributed by atoms with Crippen molar-refractivity contribution in [1.82, 2.24) is 20.0 Å². The van der Waals surface area contributed by atoms with Crippen molar-refractivity contribution in [3.63, 3.8) is 0 Å². The monoisotopic (exact) mass is 350 g/mol. The molecule has 0 aromatic carbocycles. The second kappa shape index (κ2) is 7.03. The Hall–Kier alpha value is -2.09. The van der Waals surface area contributed by atoms with Crippen molar-refractivity contribution >= 4 is 17.8 Å². The number of carbonyl (C=O) groups is 3. The van der Waals surface area contributed by atoms with Crippen LogP contribution in [0.4, 0.5) is 4.79 Å². The van der Waals surface area contributed by atoms with E-state index in [1.54, 1.807) is 20.8 Å². The van der Waals surface area contributed by atoms with Crippen LogP contribution in [-0.4, -0.2) is 89.6 Å². The van der Waals surface area contributed by atoms with Gasteiger partial charge in [0, 0.05) is 25.7 Å². The van der Waals surface area contributed by atoms with Crippen LogP contribution in [0.2, 0.25) is 0 Å². The zero-order chi connectivity index (χ0) is 18.1. The summed E-state index contributed by atoms with van der Waals surface area (Å²) in [6.07, 6.45) is 2.01. The van der Waals surface area contributed by atoms with E-state index in [1.165, 1.54) is 0 Å². The van der Waals surface area contributed by atoms with Gasteiger partial charge in [-0.25, -0.2) is 4.79 Å². The molecule has 1 N–H and O–H groups in total. The van der Waals surface area contributed by atoms with Crippen LogP contribution in [0.1, 0.15) is 20.3 Å². The van der Waals surface area contributed by atoms with Gasteiger partial charge in [0.2, 0.25) is 11.8 Å². The van der Waals surface area contributed by atoms with Crippen molar-refractivity contribution in [3.05, 3.63) is 12.7 Å². The Morgan fingerprint density at radius 3 is 2.72 bits per heavy atom. The largest absolute Gasteiger partial charge is 0.371 e. The quantitative estimate of drug-likeness (QED) is 0.712. The molecule has 3 rings (SSSR count). The Labute approximate surface area is 147 Å². The number of hydrogen-bond donors (Lipinski definition) is 1. The van der Waals surface area contributed by atoms with Gasteiger partial charge >= 0.3 is 6.03 Å². The average Bonchev–Trinajstić information content (AvgIpc) is 3.01. The van der Waals surface area contributed by atoms with Crippen LogP contribution in [0.5, 0.6) is 0 Å². The number of nitrogens with zero attached hydrogens (tertiary/aromatic N) is 3. The molecule has 0 aromatic rings. The summed E-state index contributed by atoms with van der Waals surface area (Å²) in [5.41, 5.74) is 0. The van der Waals surface area contributed by atoms with Crippen LogP contribution >= 0.6 is 0 Å². The van der Waals surface area contributed by atoms with Gasteiger partial charge in [0.05, 0.1) is 19.3 Å². The molecule has 4 amide bonds. The summed E-state index contributed by atoms with van der Waals surface area (Å²) >= 11 is 0. The summed E-state index contributed by atoms with van der Waals surface area (Å²) in [5, 5.41) is 2.84. The van der Waals surface area contributed by atoms with Crippen molar-refractivity contribution in [1.29, 1.82) is 0 Å². The third-order valence-corrected chi connectivity index (χ3v) is 4.95. The SMILES string of the molecule is C=CCOC1CCN2C(=O)C3CN(C(=O)NC(C)C)CCN3C(=O)C12. The Morgan fingerprint density at radius 1 is 1.28 bits per heavy atom. The first kappa shape index (κ1) is 17.7. The number of nitrogens with one attached hydrogen (secondary N) is 1. The summed E-state index contributed by atoms with van der Waals surface area (Å²) in [6, 6.07) is -1.29. The van der Waals surface area contributed by atoms with Gasteiger partial charge in [-0.05, 0) is 20.3 Å². The van der Waals surface area contributed by atoms with Gasteiger partial charge in [0.25, 0.3) is 0 Å². The van der Waals surface area contributed by atoms with E-state index >= 15 is 0 Å². The van der Waals surface area contributed by atoms with Crippen molar-refractivity contribution in [2.75, 3.05) is 32.8 Å². The highest BCUT2D eigenvalue weighted by atomic mass is 16.5. The fourth-order valence-electron chi connectivity index (χ4n) is 3.81. The third-order valence-electron chi connectivity index (χ3n) is 4.95. The first-order valence-electron chi connectivity index (χ1n) is 8.83. The Kier molecular flexibility index (Phi) is 4.99. The molecule has 3 aliphatic heterocycles. The highest BCUT2D eigenvalue weighted by Crippen LogP contribution is 2.30. The van der Waals surface area contributed by atoms with Gasteiger partial charge in [0.1, 0.15) is 12.1 Å². The molecule has 3 fully saturated rings. The maximum atomic E-state index is 12.9. The molecule has 3 aliphatic rings. The molecule has 8 nitrogen and oxygen atoms in total. The third kappa shape index (κ3) is 3.22. The second-order valence-corrected chi connectivity index (χ2v) is 7.02. The number of rotatable bonds is 4. The zero-order valence-electron chi connectivity index (χ0n) is 14.8. The van der Waals surface area contributed by atoms with E-state index in [9.17, 15) is 14.4 Å². The molecule has 0 radical (unpaired) electrons. The molecule has 0 aromatic heterocycles. The van der Waals surface area contributed by atoms with Gasteiger partial charge in [0.15, 0.2) is 0 Å². The lowest BCUT2D eigenvalue weighted by Gasteiger charge is -2.48. The molecular formula is C17H26N4O4. The van der Waals surface area contributed by atoms with E-state index in [4.69, 9.17) is 4.74 Å². The number of ether oxygens (including phenoxy) is 1. The molecule has 0 aliphatic carbocycles. The lowest BCUT2D eigenvalue weighted by Crippen LogP contribution is -2.71. The second-order valence-electron chi connectivity index (χ2n) is 7.02. The van der Waals surface area contributed by atoms with Gasteiger partial charge in [-0.3, -0.25) is 9.59 Å². The maximum Gasteiger partial charge on any atom is 0.317 e. The first-order chi connectivity index (χ1) is 11.9. The molecule has 0 bridgehead atoms. The highest BCUT2D eigenvalue weighted by molar-refractivity contribution is 5.98. The topological polar surface area (TPSA) is 82.2 Å². The summed E-state index contributed by atoms with van der Waals surface area (Å²) in [5.74, 6) is -0.156. The standard InChI is InChI=1S/C17H26N4O4/c1-4-9-25-13-5-6-21-14(13)16(23)20-8-7-19(10-12(20)15(21)22)17(24)18-11(2)3/h4,11-14H,1,5-10H2,2-3H3,(H,18,24). The summed E-state index contributed by atoms with van der Waals surface area (Å²) in [7, 11) is 0. The van der Waals surface area contributed by atoms with Gasteiger partial charge in [-0.1, -0.05) is 6.08 Å². The predicted octanol–water partition coefficient (Wildman–Crippen LogP) is -0.197. The molecular weight excluding hydrogens is 324 g/mol. The van der Waals surface area contributed by atoms with Crippen molar-refractivity contribution in [2.24, 2.45) is 0 Å². The molecule has 0 saturated carbocycles. The fourth-order valence-corrected chi connectivity index (χ4v) is 3.81. The number of carbonyl (C=O) groups excluding carboxylic acids is 3. The average molecular weight is 350 g/mol. The van der Waals surface area contributed by atoms with E-state index < -0.39 is 12.1 Å². The molecule has 0 spiro atoms. The number of piperazine rings is 2. The fraction of sp³-hybridized carbons (Fsp3) is 0.706. The van der Waals surface area contributed by atoms with Crippen molar-refractivity contribution < 1.29 is 19.1 Å². The minimum atomic E-state index is -0.589. The molecule has 25 heavy (non-hydrogen) atoms. The molecule has 3 unspecified atom stereocenters. The summed E-state index contributed by atoms with van der Waals surface area (Å²) in [4.78, 5) is 42.9. The van der Waals surface area contributed by atoms with E-state index in [0.717, 1.165) is 0 Å². The number of urea groups is 1. The van der Waals surface area contributed by atoms with E-state index in [2.05, 4.69) is 11.9 Å². The minimum absolute atomic E-state index is 0.0277. The van der Waals surface area contributed by atoms with Crippen LogP contribution in [0.3, 0.4) is 0 Å². The molecule has 3 heterocycles. The first-order valence-corrected chi connectivity index (χ1v) is 8.83. The Morgan fingerprint density at radius 2 is 2.04 bits per heavy atom. The van der Waals surface area contributed by atoms with Crippen LogP contribution in [-0.2, 0) is 14.3 Å². The van der Waals surface area contributed by atoms with Gasteiger partial charge in [-0.15, -0.1) is 6.58 Å². The minimum Gasteiger partial charge on any atom is -0.371 e. The van der Waals surface area contributed by atoms with E-state index in [-0.39, 0.29) is 36.5 Å². The van der Waals surface area contributed by atoms with Crippen LogP contribution in [0, 0.1) is 0 Å². The molecule has 138 valence electrons. The van der Waals surface area contributed by atoms with Crippen LogP contribution < -0.4 is 5.32 Å². The zero-order valence-corrected chi connectivity index (χ0v) is 14.8. The predicted molar refractivity (Wildman–Crippen MR) is 90.8 cm³/mol. The molecule has 3 saturated heterocycles. The van der Waals surface area contributed by atoms with Crippen LogP contribution in [0.15, 0.2) is 12.7 Å². The van der Waals surface area contributed by atoms with E-state index in [1.807, 2.05) is 13.8 Å². The maximum absolute atomic E-state index is 12.9. The lowest BCUT2D eigenvalue weighted by molar-refractivity contribution is -0.165. The molecule has 8 heteroatoms. The smallest absolute Gasteiger partial charge is 0.317 e. The highest BCUT2D eigenvalue weighted by Gasteiger charge is 2.53. The van der Waals surface area contributed by atoms with Crippen molar-refractivity contribution in [3.8, 4) is 0 Å². The lowest BCUT2D eigenvalue weighted by atomic mass is 10.0. The number of amides is 4. The number of fused-ring (bicyclic) bond motifs is 2. The molecule has 3 atom stereocenters.